The normalized spacial score (nSPS) is 16.3. The van der Waals surface area contributed by atoms with Gasteiger partial charge in [-0.15, -0.1) is 0 Å². The summed E-state index contributed by atoms with van der Waals surface area (Å²) in [5, 5.41) is 0.312. The summed E-state index contributed by atoms with van der Waals surface area (Å²) in [6.07, 6.45) is 4.24. The van der Waals surface area contributed by atoms with E-state index in [1.807, 2.05) is 119 Å². The van der Waals surface area contributed by atoms with Crippen molar-refractivity contribution in [1.82, 2.24) is 29.7 Å². The number of ether oxygens (including phenoxy) is 6. The van der Waals surface area contributed by atoms with Crippen LogP contribution in [0.3, 0.4) is 0 Å². The number of oxazole rings is 2. The predicted octanol–water partition coefficient (Wildman–Crippen LogP) is 15.8. The summed E-state index contributed by atoms with van der Waals surface area (Å²) in [7, 11) is 5.11. The molecule has 0 aliphatic carbocycles. The first-order chi connectivity index (χ1) is 49.8. The number of pyridine rings is 2. The molecule has 3 aliphatic heterocycles. The van der Waals surface area contributed by atoms with Crippen LogP contribution in [0.5, 0.6) is 23.3 Å². The van der Waals surface area contributed by atoms with Gasteiger partial charge in [-0.25, -0.2) is 19.9 Å². The van der Waals surface area contributed by atoms with E-state index in [9.17, 15) is 36.7 Å². The first-order valence-corrected chi connectivity index (χ1v) is 34.0. The Labute approximate surface area is 604 Å². The van der Waals surface area contributed by atoms with Gasteiger partial charge in [0.1, 0.15) is 39.8 Å². The van der Waals surface area contributed by atoms with Crippen molar-refractivity contribution >= 4 is 70.9 Å². The van der Waals surface area contributed by atoms with E-state index in [0.29, 0.717) is 106 Å². The van der Waals surface area contributed by atoms with Crippen molar-refractivity contribution in [2.45, 2.75) is 131 Å². The van der Waals surface area contributed by atoms with Gasteiger partial charge in [0, 0.05) is 53.0 Å². The van der Waals surface area contributed by atoms with Crippen LogP contribution in [-0.2, 0) is 41.5 Å². The highest BCUT2D eigenvalue weighted by atomic mass is 35.5. The lowest BCUT2D eigenvalue weighted by Gasteiger charge is -2.32. The number of likely N-dealkylation sites (tertiary alicyclic amines) is 2. The monoisotopic (exact) mass is 1440 g/mol. The van der Waals surface area contributed by atoms with Crippen molar-refractivity contribution in [2.24, 2.45) is 0 Å². The molecule has 0 bridgehead atoms. The molecule has 0 spiro atoms. The number of esters is 2. The van der Waals surface area contributed by atoms with Gasteiger partial charge in [-0.3, -0.25) is 29.0 Å². The summed E-state index contributed by atoms with van der Waals surface area (Å²) in [4.78, 5) is 68.0. The van der Waals surface area contributed by atoms with Crippen molar-refractivity contribution in [3.63, 3.8) is 0 Å². The number of hydrogen-bond acceptors (Lipinski definition) is 20. The van der Waals surface area contributed by atoms with E-state index < -0.39 is 43.6 Å². The van der Waals surface area contributed by atoms with Crippen LogP contribution in [0.4, 0.5) is 17.6 Å². The van der Waals surface area contributed by atoms with Gasteiger partial charge in [0.05, 0.1) is 56.5 Å². The summed E-state index contributed by atoms with van der Waals surface area (Å²) in [6.45, 7) is 11.9. The van der Waals surface area contributed by atoms with Gasteiger partial charge in [-0.05, 0) is 193 Å². The number of benzene rings is 6. The predicted molar refractivity (Wildman–Crippen MR) is 385 cm³/mol. The number of nitrogens with zero attached hydrogens (tertiary/aromatic N) is 6. The molecule has 26 heteroatoms. The topological polar surface area (TPSA) is 226 Å². The fraction of sp³-hybridized carbons (Fsp3) is 0.333. The first kappa shape index (κ1) is 75.1. The zero-order chi connectivity index (χ0) is 74.5. The Balaban J connectivity index is 0.000000181. The summed E-state index contributed by atoms with van der Waals surface area (Å²) in [5.41, 5.74) is 14.3. The number of alkyl halides is 4. The number of aldehydes is 2. The maximum Gasteiger partial charge on any atom is 0.495 e. The number of carbonyl (C=O) groups excluding carboxylic acids is 4. The average Bonchev–Trinajstić information content (AvgIpc) is 1.51. The third kappa shape index (κ3) is 15.9. The van der Waals surface area contributed by atoms with Crippen molar-refractivity contribution in [3.05, 3.63) is 171 Å². The van der Waals surface area contributed by atoms with Crippen LogP contribution in [0.1, 0.15) is 107 Å². The molecule has 0 radical (unpaired) electrons. The lowest BCUT2D eigenvalue weighted by molar-refractivity contribution is -0.146. The zero-order valence-corrected chi connectivity index (χ0v) is 60.3. The van der Waals surface area contributed by atoms with Crippen molar-refractivity contribution in [3.8, 4) is 79.7 Å². The minimum absolute atomic E-state index is 0.0127. The Kier molecular flexibility index (Phi) is 23.0. The van der Waals surface area contributed by atoms with Crippen LogP contribution in [0.15, 0.2) is 130 Å². The van der Waals surface area contributed by atoms with Crippen LogP contribution < -0.4 is 24.4 Å². The largest absolute Gasteiger partial charge is 0.495 e. The molecule has 542 valence electrons. The molecule has 3 saturated heterocycles. The molecule has 0 saturated carbocycles. The number of rotatable bonds is 20. The van der Waals surface area contributed by atoms with Crippen molar-refractivity contribution in [2.75, 3.05) is 41.5 Å². The molecule has 13 rings (SSSR count). The van der Waals surface area contributed by atoms with Gasteiger partial charge in [0.2, 0.25) is 23.5 Å². The van der Waals surface area contributed by atoms with Crippen LogP contribution in [0.25, 0.3) is 78.6 Å². The highest BCUT2D eigenvalue weighted by molar-refractivity contribution is 6.62. The second-order valence-electron chi connectivity index (χ2n) is 26.3. The molecule has 0 unspecified atom stereocenters. The van der Waals surface area contributed by atoms with Crippen molar-refractivity contribution < 1.29 is 83.3 Å². The second-order valence-corrected chi connectivity index (χ2v) is 26.6. The van der Waals surface area contributed by atoms with Crippen LogP contribution in [-0.4, -0.2) is 139 Å². The molecular weight excluding hydrogens is 1370 g/mol. The third-order valence-electron chi connectivity index (χ3n) is 19.6. The number of halogens is 5. The zero-order valence-electron chi connectivity index (χ0n) is 59.5. The molecule has 3 aliphatic rings. The Morgan fingerprint density at radius 3 is 1.38 bits per heavy atom. The maximum absolute atomic E-state index is 13.5. The van der Waals surface area contributed by atoms with E-state index in [0.717, 1.165) is 79.5 Å². The Morgan fingerprint density at radius 2 is 0.952 bits per heavy atom. The molecule has 2 atom stereocenters. The smallest absolute Gasteiger partial charge is 0.480 e. The first-order valence-electron chi connectivity index (χ1n) is 33.6. The van der Waals surface area contributed by atoms with Gasteiger partial charge in [-0.2, -0.15) is 17.6 Å². The Bertz CT molecular complexity index is 4840. The molecule has 0 N–H and O–H groups in total. The van der Waals surface area contributed by atoms with Crippen molar-refractivity contribution in [1.29, 1.82) is 0 Å². The van der Waals surface area contributed by atoms with E-state index in [2.05, 4.69) is 29.0 Å². The van der Waals surface area contributed by atoms with Gasteiger partial charge in [-0.1, -0.05) is 72.3 Å². The summed E-state index contributed by atoms with van der Waals surface area (Å²) in [6, 6.07) is 35.7. The standard InChI is InChI=1S/C36H33F2N3O6.C35H39BF2N2O6.C7H6ClNO2/c1-20-24(8-5-10-26(20)28-14-13-22(19-42)33(39-28)44-3)25-9-6-11-27(21(25)2)34-40-29-16-23(31(47-36(37)38)17-32(29)46-34)18-41-15-7-12-30(41)35(43)45-4;1-20-23(24-12-9-14-26(21(24)2)36-45-34(3,4)35(5,6)46-36)11-8-13-25(20)31-39-27-17-22(29(44-33(37)38)18-30(27)43-31)19-40-16-10-15-28(40)32(41)42-7;1-11-7-5(4-10)2-3-6(8)9-7/h5-6,8-11,13-14,16-17,19,30,36H,7,12,15,18H2,1-4H3;8-9,11-14,17-18,28,33H,10,15-16,19H2,1-7H3;2-4H,1H3/t30-;28-;/m00./s1. The van der Waals surface area contributed by atoms with Gasteiger partial charge < -0.3 is 46.6 Å². The van der Waals surface area contributed by atoms with Gasteiger partial charge in [0.25, 0.3) is 0 Å². The number of carbonyl (C=O) groups is 4. The van der Waals surface area contributed by atoms with E-state index in [1.54, 1.807) is 30.3 Å². The number of methoxy groups -OCH3 is 4. The molecule has 3 fully saturated rings. The molecule has 4 aromatic heterocycles. The third-order valence-corrected chi connectivity index (χ3v) is 19.8. The summed E-state index contributed by atoms with van der Waals surface area (Å²) >= 11 is 5.55. The summed E-state index contributed by atoms with van der Waals surface area (Å²) < 4.78 is 109. The van der Waals surface area contributed by atoms with Gasteiger partial charge in [0.15, 0.2) is 23.7 Å². The van der Waals surface area contributed by atoms with E-state index in [-0.39, 0.29) is 48.3 Å². The van der Waals surface area contributed by atoms with Crippen LogP contribution >= 0.6 is 11.6 Å². The number of hydrogen-bond donors (Lipinski definition) is 0. The molecular formula is C78H78BClF4N6O14. The average molecular weight is 1450 g/mol. The quantitative estimate of drug-likeness (QED) is 0.0227. The maximum atomic E-state index is 13.5. The Hall–Kier alpha value is -10.0. The molecule has 7 heterocycles. The molecule has 104 heavy (non-hydrogen) atoms. The molecule has 0 amide bonds. The second kappa shape index (κ2) is 31.9. The lowest BCUT2D eigenvalue weighted by atomic mass is 9.74. The minimum Gasteiger partial charge on any atom is -0.480 e. The molecule has 10 aromatic rings. The molecule has 6 aromatic carbocycles. The van der Waals surface area contributed by atoms with Crippen LogP contribution in [0.2, 0.25) is 5.15 Å². The Morgan fingerprint density at radius 1 is 0.548 bits per heavy atom. The number of aromatic nitrogens is 4. The molecule has 20 nitrogen and oxygen atoms in total. The minimum atomic E-state index is -3.04. The highest BCUT2D eigenvalue weighted by Crippen LogP contribution is 2.43. The van der Waals surface area contributed by atoms with E-state index in [4.69, 9.17) is 68.1 Å². The van der Waals surface area contributed by atoms with Gasteiger partial charge >= 0.3 is 32.3 Å². The number of fused-ring (bicyclic) bond motifs is 2. The fourth-order valence-corrected chi connectivity index (χ4v) is 13.5. The summed E-state index contributed by atoms with van der Waals surface area (Å²) in [5.74, 6) is 0.465. The van der Waals surface area contributed by atoms with Crippen LogP contribution in [0, 0.1) is 27.7 Å². The van der Waals surface area contributed by atoms with E-state index >= 15 is 0 Å². The van der Waals surface area contributed by atoms with E-state index in [1.165, 1.54) is 46.6 Å². The highest BCUT2D eigenvalue weighted by Gasteiger charge is 2.52. The fourth-order valence-electron chi connectivity index (χ4n) is 13.4. The lowest BCUT2D eigenvalue weighted by Crippen LogP contribution is -2.41. The SMILES string of the molecule is COC(=O)[C@@H]1CCCN1Cc1cc2nc(-c3cccc(-c4cccc(-c5ccc(C=O)c(OC)n5)c4C)c3C)oc2cc1OC(F)F.COC(=O)[C@@H]1CCCN1Cc1cc2nc(-c3cccc(-c4cccc(B5OC(C)(C)C(C)(C)O5)c4C)c3C)oc2cc1OC(F)F.COc1nc(Cl)ccc1C=O.